The number of hydrogen-bond acceptors (Lipinski definition) is 3. The second-order valence-corrected chi connectivity index (χ2v) is 3.29. The highest BCUT2D eigenvalue weighted by Crippen LogP contribution is 2.45. The Morgan fingerprint density at radius 3 is 2.92 bits per heavy atom. The van der Waals surface area contributed by atoms with E-state index in [1.165, 1.54) is 0 Å². The van der Waals surface area contributed by atoms with Gasteiger partial charge >= 0.3 is 6.09 Å². The molecule has 1 fully saturated rings. The Balaban J connectivity index is 2.22. The number of nitrogens with zero attached hydrogens (tertiary/aromatic N) is 1. The topological polar surface area (TPSA) is 75.4 Å². The number of hydrogen-bond donors (Lipinski definition) is 2. The van der Waals surface area contributed by atoms with Gasteiger partial charge in [0.25, 0.3) is 0 Å². The first-order chi connectivity index (χ1) is 6.18. The van der Waals surface area contributed by atoms with Crippen LogP contribution in [0.4, 0.5) is 10.6 Å². The molecule has 13 heavy (non-hydrogen) atoms. The van der Waals surface area contributed by atoms with Gasteiger partial charge in [-0.2, -0.15) is 0 Å². The minimum atomic E-state index is -1.20. The highest BCUT2D eigenvalue weighted by molar-refractivity contribution is 6.34. The standard InChI is InChI=1S/C7H7ClN2O3/c8-4-5(3-1-2-3)13-10-6(4)9-7(11)12/h3H,1-2H2,(H,9,10)(H,11,12). The van der Waals surface area contributed by atoms with Gasteiger partial charge in [0.05, 0.1) is 0 Å². The minimum Gasteiger partial charge on any atom is -0.465 e. The van der Waals surface area contributed by atoms with E-state index in [4.69, 9.17) is 21.2 Å². The fraction of sp³-hybridized carbons (Fsp3) is 0.429. The first kappa shape index (κ1) is 8.37. The zero-order valence-electron chi connectivity index (χ0n) is 6.58. The number of amides is 1. The summed E-state index contributed by atoms with van der Waals surface area (Å²) in [6.07, 6.45) is 0.862. The summed E-state index contributed by atoms with van der Waals surface area (Å²) in [5.74, 6) is 0.992. The molecule has 0 aromatic carbocycles. The third-order valence-electron chi connectivity index (χ3n) is 1.83. The van der Waals surface area contributed by atoms with E-state index in [2.05, 4.69) is 10.5 Å². The van der Waals surface area contributed by atoms with Crippen molar-refractivity contribution < 1.29 is 14.4 Å². The molecule has 1 heterocycles. The lowest BCUT2D eigenvalue weighted by molar-refractivity contribution is 0.209. The van der Waals surface area contributed by atoms with Gasteiger partial charge in [-0.15, -0.1) is 0 Å². The molecule has 1 aromatic rings. The summed E-state index contributed by atoms with van der Waals surface area (Å²) >= 11 is 5.82. The number of carboxylic acid groups (broad SMARTS) is 1. The number of halogens is 1. The molecule has 1 saturated carbocycles. The van der Waals surface area contributed by atoms with Gasteiger partial charge in [-0.1, -0.05) is 16.8 Å². The van der Waals surface area contributed by atoms with E-state index >= 15 is 0 Å². The molecular weight excluding hydrogens is 196 g/mol. The van der Waals surface area contributed by atoms with Crippen molar-refractivity contribution in [1.82, 2.24) is 5.16 Å². The van der Waals surface area contributed by atoms with Crippen LogP contribution in [0.25, 0.3) is 0 Å². The monoisotopic (exact) mass is 202 g/mol. The first-order valence-corrected chi connectivity index (χ1v) is 4.21. The summed E-state index contributed by atoms with van der Waals surface area (Å²) in [4.78, 5) is 10.3. The molecule has 1 aromatic heterocycles. The number of rotatable bonds is 2. The third kappa shape index (κ3) is 1.60. The highest BCUT2D eigenvalue weighted by Gasteiger charge is 2.32. The van der Waals surface area contributed by atoms with Crippen molar-refractivity contribution >= 4 is 23.5 Å². The van der Waals surface area contributed by atoms with Crippen molar-refractivity contribution in [1.29, 1.82) is 0 Å². The Morgan fingerprint density at radius 1 is 1.69 bits per heavy atom. The molecule has 0 atom stereocenters. The van der Waals surface area contributed by atoms with E-state index in [1.54, 1.807) is 0 Å². The van der Waals surface area contributed by atoms with Gasteiger partial charge in [-0.3, -0.25) is 5.32 Å². The molecule has 0 spiro atoms. The van der Waals surface area contributed by atoms with Crippen LogP contribution in [-0.2, 0) is 0 Å². The maximum Gasteiger partial charge on any atom is 0.410 e. The van der Waals surface area contributed by atoms with E-state index < -0.39 is 6.09 Å². The fourth-order valence-electron chi connectivity index (χ4n) is 1.07. The minimum absolute atomic E-state index is 0.0797. The van der Waals surface area contributed by atoms with Gasteiger partial charge in [0.2, 0.25) is 0 Å². The molecule has 5 nitrogen and oxygen atoms in total. The van der Waals surface area contributed by atoms with Crippen LogP contribution in [0.2, 0.25) is 5.02 Å². The lowest BCUT2D eigenvalue weighted by Crippen LogP contribution is -2.07. The van der Waals surface area contributed by atoms with Crippen molar-refractivity contribution in [3.63, 3.8) is 0 Å². The molecule has 1 aliphatic carbocycles. The number of aromatic nitrogens is 1. The average molecular weight is 203 g/mol. The molecule has 0 aliphatic heterocycles. The van der Waals surface area contributed by atoms with Gasteiger partial charge in [-0.05, 0) is 12.8 Å². The zero-order chi connectivity index (χ0) is 9.42. The van der Waals surface area contributed by atoms with Crippen LogP contribution in [0.5, 0.6) is 0 Å². The third-order valence-corrected chi connectivity index (χ3v) is 2.20. The Bertz CT molecular complexity index is 346. The maximum absolute atomic E-state index is 10.3. The Morgan fingerprint density at radius 2 is 2.38 bits per heavy atom. The average Bonchev–Trinajstić information content (AvgIpc) is 2.81. The molecule has 0 radical (unpaired) electrons. The lowest BCUT2D eigenvalue weighted by atomic mass is 10.3. The van der Waals surface area contributed by atoms with Crippen LogP contribution in [0, 0.1) is 0 Å². The van der Waals surface area contributed by atoms with Crippen LogP contribution in [0.3, 0.4) is 0 Å². The Hall–Kier alpha value is -1.23. The summed E-state index contributed by atoms with van der Waals surface area (Å²) in [6, 6.07) is 0. The van der Waals surface area contributed by atoms with Crippen molar-refractivity contribution in [3.8, 4) is 0 Å². The predicted octanol–water partition coefficient (Wildman–Crippen LogP) is 2.30. The van der Waals surface area contributed by atoms with Crippen LogP contribution >= 0.6 is 11.6 Å². The van der Waals surface area contributed by atoms with E-state index in [9.17, 15) is 4.79 Å². The largest absolute Gasteiger partial charge is 0.465 e. The normalized spacial score (nSPS) is 15.8. The first-order valence-electron chi connectivity index (χ1n) is 3.83. The Kier molecular flexibility index (Phi) is 1.88. The Labute approximate surface area is 78.7 Å². The summed E-state index contributed by atoms with van der Waals surface area (Å²) in [5, 5.41) is 14.3. The number of carbonyl (C=O) groups is 1. The van der Waals surface area contributed by atoms with Crippen molar-refractivity contribution in [2.45, 2.75) is 18.8 Å². The smallest absolute Gasteiger partial charge is 0.410 e. The summed E-state index contributed by atoms with van der Waals surface area (Å²) in [5.41, 5.74) is 0. The molecule has 2 N–H and O–H groups in total. The fourth-order valence-corrected chi connectivity index (χ4v) is 1.34. The molecule has 0 bridgehead atoms. The zero-order valence-corrected chi connectivity index (χ0v) is 7.34. The molecule has 2 rings (SSSR count). The van der Waals surface area contributed by atoms with Gasteiger partial charge in [-0.25, -0.2) is 4.79 Å². The van der Waals surface area contributed by atoms with Crippen LogP contribution in [0.15, 0.2) is 4.52 Å². The second kappa shape index (κ2) is 2.92. The molecule has 1 aliphatic rings. The maximum atomic E-state index is 10.3. The van der Waals surface area contributed by atoms with E-state index in [-0.39, 0.29) is 10.8 Å². The quantitative estimate of drug-likeness (QED) is 0.772. The highest BCUT2D eigenvalue weighted by atomic mass is 35.5. The molecule has 1 amide bonds. The van der Waals surface area contributed by atoms with Crippen LogP contribution in [-0.4, -0.2) is 16.4 Å². The van der Waals surface area contributed by atoms with Crippen molar-refractivity contribution in [3.05, 3.63) is 10.8 Å². The molecule has 0 unspecified atom stereocenters. The van der Waals surface area contributed by atoms with Gasteiger partial charge in [0, 0.05) is 5.92 Å². The van der Waals surface area contributed by atoms with Crippen LogP contribution in [0.1, 0.15) is 24.5 Å². The molecule has 0 saturated heterocycles. The summed E-state index contributed by atoms with van der Waals surface area (Å²) < 4.78 is 4.91. The van der Waals surface area contributed by atoms with Crippen LogP contribution < -0.4 is 5.32 Å². The second-order valence-electron chi connectivity index (χ2n) is 2.91. The van der Waals surface area contributed by atoms with Crippen molar-refractivity contribution in [2.75, 3.05) is 5.32 Å². The number of nitrogens with one attached hydrogen (secondary N) is 1. The summed E-state index contributed by atoms with van der Waals surface area (Å²) in [6.45, 7) is 0. The summed E-state index contributed by atoms with van der Waals surface area (Å²) in [7, 11) is 0. The SMILES string of the molecule is O=C(O)Nc1noc(C2CC2)c1Cl. The molecule has 6 heteroatoms. The molecule has 70 valence electrons. The van der Waals surface area contributed by atoms with E-state index in [0.717, 1.165) is 12.8 Å². The van der Waals surface area contributed by atoms with E-state index in [0.29, 0.717) is 11.7 Å². The van der Waals surface area contributed by atoms with Gasteiger partial charge < -0.3 is 9.63 Å². The van der Waals surface area contributed by atoms with Gasteiger partial charge in [0.1, 0.15) is 5.02 Å². The number of anilines is 1. The van der Waals surface area contributed by atoms with E-state index in [1.807, 2.05) is 0 Å². The molecular formula is C7H7ClN2O3. The predicted molar refractivity (Wildman–Crippen MR) is 45.1 cm³/mol. The van der Waals surface area contributed by atoms with Gasteiger partial charge in [0.15, 0.2) is 11.6 Å². The lowest BCUT2D eigenvalue weighted by Gasteiger charge is -1.93. The van der Waals surface area contributed by atoms with Crippen molar-refractivity contribution in [2.24, 2.45) is 0 Å².